The van der Waals surface area contributed by atoms with E-state index in [0.29, 0.717) is 23.4 Å². The number of aromatic amines is 1. The number of fused-ring (bicyclic) bond motifs is 1. The van der Waals surface area contributed by atoms with Gasteiger partial charge in [-0.15, -0.1) is 16.4 Å². The van der Waals surface area contributed by atoms with Gasteiger partial charge in [-0.05, 0) is 30.4 Å². The van der Waals surface area contributed by atoms with Gasteiger partial charge in [0, 0.05) is 10.9 Å². The van der Waals surface area contributed by atoms with Crippen molar-refractivity contribution in [2.24, 2.45) is 0 Å². The maximum absolute atomic E-state index is 12.3. The molecular weight excluding hydrogens is 348 g/mol. The first-order valence-corrected chi connectivity index (χ1v) is 9.23. The minimum absolute atomic E-state index is 0.126. The molecule has 4 rings (SSSR count). The molecule has 1 aromatic carbocycles. The molecule has 0 saturated carbocycles. The minimum Gasteiger partial charge on any atom is -0.364 e. The van der Waals surface area contributed by atoms with Crippen LogP contribution in [0.25, 0.3) is 11.0 Å². The van der Waals surface area contributed by atoms with E-state index in [0.717, 1.165) is 11.3 Å². The standard InChI is InChI=1S/C18H18N6OS/c1-12(10-13-6-3-2-4-7-13)19-17-15-16(18(25)22-21-17)24(23-20-15)11-14-8-5-9-26-14/h2-9,12H,10-11H2,1H3,(H,19,21)(H,22,25)/t12-/m0/s1. The number of nitrogens with one attached hydrogen (secondary N) is 2. The van der Waals surface area contributed by atoms with Crippen molar-refractivity contribution in [1.82, 2.24) is 25.2 Å². The Bertz CT molecular complexity index is 1050. The summed E-state index contributed by atoms with van der Waals surface area (Å²) in [6.45, 7) is 2.59. The van der Waals surface area contributed by atoms with Crippen LogP contribution in [0.15, 0.2) is 52.6 Å². The average Bonchev–Trinajstić information content (AvgIpc) is 3.29. The highest BCUT2D eigenvalue weighted by atomic mass is 32.1. The molecule has 0 spiro atoms. The van der Waals surface area contributed by atoms with E-state index in [1.807, 2.05) is 35.7 Å². The molecule has 0 radical (unpaired) electrons. The van der Waals surface area contributed by atoms with Gasteiger partial charge in [0.25, 0.3) is 5.56 Å². The van der Waals surface area contributed by atoms with Crippen LogP contribution in [0.5, 0.6) is 0 Å². The maximum atomic E-state index is 12.3. The molecule has 0 unspecified atom stereocenters. The fourth-order valence-electron chi connectivity index (χ4n) is 2.92. The van der Waals surface area contributed by atoms with Gasteiger partial charge in [-0.25, -0.2) is 9.78 Å². The Morgan fingerprint density at radius 1 is 1.23 bits per heavy atom. The monoisotopic (exact) mass is 366 g/mol. The normalized spacial score (nSPS) is 12.3. The van der Waals surface area contributed by atoms with Crippen LogP contribution in [0.3, 0.4) is 0 Å². The van der Waals surface area contributed by atoms with E-state index in [-0.39, 0.29) is 11.6 Å². The van der Waals surface area contributed by atoms with Crippen molar-refractivity contribution < 1.29 is 0 Å². The lowest BCUT2D eigenvalue weighted by molar-refractivity contribution is 0.674. The van der Waals surface area contributed by atoms with E-state index >= 15 is 0 Å². The van der Waals surface area contributed by atoms with Crippen molar-refractivity contribution in [1.29, 1.82) is 0 Å². The Labute approximate surface area is 153 Å². The third kappa shape index (κ3) is 3.36. The fourth-order valence-corrected chi connectivity index (χ4v) is 3.61. The molecule has 0 saturated heterocycles. The Kier molecular flexibility index (Phi) is 4.49. The Hall–Kier alpha value is -3.00. The van der Waals surface area contributed by atoms with Crippen LogP contribution in [-0.4, -0.2) is 31.2 Å². The quantitative estimate of drug-likeness (QED) is 0.548. The first-order chi connectivity index (χ1) is 12.7. The molecule has 0 aliphatic rings. The summed E-state index contributed by atoms with van der Waals surface area (Å²) >= 11 is 1.62. The van der Waals surface area contributed by atoms with E-state index < -0.39 is 0 Å². The molecule has 1 atom stereocenters. The third-order valence-corrected chi connectivity index (χ3v) is 4.96. The lowest BCUT2D eigenvalue weighted by Gasteiger charge is -2.14. The van der Waals surface area contributed by atoms with E-state index in [9.17, 15) is 4.79 Å². The summed E-state index contributed by atoms with van der Waals surface area (Å²) < 4.78 is 1.62. The number of benzene rings is 1. The van der Waals surface area contributed by atoms with E-state index in [4.69, 9.17) is 0 Å². The van der Waals surface area contributed by atoms with Gasteiger partial charge in [-0.1, -0.05) is 41.6 Å². The smallest absolute Gasteiger partial charge is 0.292 e. The summed E-state index contributed by atoms with van der Waals surface area (Å²) in [7, 11) is 0. The second kappa shape index (κ2) is 7.09. The molecule has 0 bridgehead atoms. The number of hydrogen-bond acceptors (Lipinski definition) is 6. The average molecular weight is 366 g/mol. The molecule has 0 aliphatic heterocycles. The molecule has 3 heterocycles. The highest BCUT2D eigenvalue weighted by molar-refractivity contribution is 7.09. The summed E-state index contributed by atoms with van der Waals surface area (Å²) in [5, 5.41) is 20.4. The molecule has 0 aliphatic carbocycles. The summed E-state index contributed by atoms with van der Waals surface area (Å²) in [5.41, 5.74) is 1.87. The van der Waals surface area contributed by atoms with Gasteiger partial charge >= 0.3 is 0 Å². The number of H-pyrrole nitrogens is 1. The molecule has 0 fully saturated rings. The van der Waals surface area contributed by atoms with Gasteiger partial charge in [0.1, 0.15) is 0 Å². The van der Waals surface area contributed by atoms with Gasteiger partial charge in [0.2, 0.25) is 0 Å². The first-order valence-electron chi connectivity index (χ1n) is 8.35. The highest BCUT2D eigenvalue weighted by Gasteiger charge is 2.16. The topological polar surface area (TPSA) is 88.5 Å². The lowest BCUT2D eigenvalue weighted by atomic mass is 10.1. The molecule has 2 N–H and O–H groups in total. The summed E-state index contributed by atoms with van der Waals surface area (Å²) in [6.07, 6.45) is 0.840. The molecule has 0 amide bonds. The predicted molar refractivity (Wildman–Crippen MR) is 103 cm³/mol. The first kappa shape index (κ1) is 16.5. The second-order valence-corrected chi connectivity index (χ2v) is 7.19. The van der Waals surface area contributed by atoms with Crippen LogP contribution >= 0.6 is 11.3 Å². The van der Waals surface area contributed by atoms with Gasteiger partial charge in [-0.2, -0.15) is 5.10 Å². The summed E-state index contributed by atoms with van der Waals surface area (Å²) in [4.78, 5) is 13.4. The molecule has 8 heteroatoms. The zero-order valence-electron chi connectivity index (χ0n) is 14.2. The van der Waals surface area contributed by atoms with E-state index in [1.54, 1.807) is 16.0 Å². The van der Waals surface area contributed by atoms with Crippen LogP contribution < -0.4 is 10.9 Å². The van der Waals surface area contributed by atoms with Gasteiger partial charge in [0.15, 0.2) is 16.9 Å². The number of thiophene rings is 1. The zero-order valence-corrected chi connectivity index (χ0v) is 15.0. The molecular formula is C18H18N6OS. The van der Waals surface area contributed by atoms with Crippen LogP contribution in [0.2, 0.25) is 0 Å². The molecule has 26 heavy (non-hydrogen) atoms. The summed E-state index contributed by atoms with van der Waals surface area (Å²) in [5.74, 6) is 0.542. The lowest BCUT2D eigenvalue weighted by Crippen LogP contribution is -2.22. The largest absolute Gasteiger partial charge is 0.364 e. The second-order valence-electron chi connectivity index (χ2n) is 6.16. The van der Waals surface area contributed by atoms with Crippen molar-refractivity contribution in [3.05, 3.63) is 68.6 Å². The van der Waals surface area contributed by atoms with E-state index in [2.05, 4.69) is 44.9 Å². The zero-order chi connectivity index (χ0) is 17.9. The number of hydrogen-bond donors (Lipinski definition) is 2. The predicted octanol–water partition coefficient (Wildman–Crippen LogP) is 2.67. The third-order valence-electron chi connectivity index (χ3n) is 4.10. The van der Waals surface area contributed by atoms with Crippen molar-refractivity contribution in [2.75, 3.05) is 5.32 Å². The van der Waals surface area contributed by atoms with Gasteiger partial charge < -0.3 is 5.32 Å². The Balaban J connectivity index is 1.61. The maximum Gasteiger partial charge on any atom is 0.292 e. The molecule has 7 nitrogen and oxygen atoms in total. The van der Waals surface area contributed by atoms with Gasteiger partial charge in [0.05, 0.1) is 6.54 Å². The Morgan fingerprint density at radius 2 is 2.08 bits per heavy atom. The van der Waals surface area contributed by atoms with Crippen molar-refractivity contribution in [3.63, 3.8) is 0 Å². The van der Waals surface area contributed by atoms with Crippen LogP contribution in [0.1, 0.15) is 17.4 Å². The molecule has 132 valence electrons. The summed E-state index contributed by atoms with van der Waals surface area (Å²) in [6, 6.07) is 14.3. The Morgan fingerprint density at radius 3 is 2.85 bits per heavy atom. The van der Waals surface area contributed by atoms with Crippen molar-refractivity contribution in [2.45, 2.75) is 25.9 Å². The number of nitrogens with zero attached hydrogens (tertiary/aromatic N) is 4. The SMILES string of the molecule is C[C@@H](Cc1ccccc1)Nc1n[nH]c(=O)c2c1nnn2Cc1cccs1. The number of aromatic nitrogens is 5. The fraction of sp³-hybridized carbons (Fsp3) is 0.222. The molecule has 4 aromatic rings. The van der Waals surface area contributed by atoms with Gasteiger partial charge in [-0.3, -0.25) is 4.79 Å². The molecule has 3 aromatic heterocycles. The van der Waals surface area contributed by atoms with Crippen molar-refractivity contribution in [3.8, 4) is 0 Å². The van der Waals surface area contributed by atoms with Crippen LogP contribution in [0, 0.1) is 0 Å². The highest BCUT2D eigenvalue weighted by Crippen LogP contribution is 2.18. The van der Waals surface area contributed by atoms with Crippen LogP contribution in [0.4, 0.5) is 5.82 Å². The van der Waals surface area contributed by atoms with E-state index in [1.165, 1.54) is 5.56 Å². The number of rotatable bonds is 6. The number of anilines is 1. The van der Waals surface area contributed by atoms with Crippen molar-refractivity contribution >= 4 is 28.2 Å². The van der Waals surface area contributed by atoms with Crippen LogP contribution in [-0.2, 0) is 13.0 Å². The minimum atomic E-state index is -0.289.